The molecule has 2 aromatic heterocycles. The average Bonchev–Trinajstić information content (AvgIpc) is 2.98. The van der Waals surface area contributed by atoms with Crippen LogP contribution in [0.15, 0.2) is 24.4 Å². The van der Waals surface area contributed by atoms with Gasteiger partial charge in [-0.3, -0.25) is 4.79 Å². The van der Waals surface area contributed by atoms with Crippen molar-refractivity contribution in [3.63, 3.8) is 0 Å². The van der Waals surface area contributed by atoms with Crippen LogP contribution in [-0.2, 0) is 0 Å². The zero-order chi connectivity index (χ0) is 20.5. The summed E-state index contributed by atoms with van der Waals surface area (Å²) in [6, 6.07) is 5.18. The molecule has 2 aliphatic heterocycles. The largest absolute Gasteiger partial charge is 0.489 e. The van der Waals surface area contributed by atoms with E-state index in [0.29, 0.717) is 17.1 Å². The van der Waals surface area contributed by atoms with Crippen molar-refractivity contribution in [2.75, 3.05) is 38.8 Å². The number of carbonyl (C=O) groups is 1. The van der Waals surface area contributed by atoms with Crippen molar-refractivity contribution < 1.29 is 19.4 Å². The van der Waals surface area contributed by atoms with E-state index in [4.69, 9.17) is 14.5 Å². The Hall–Kier alpha value is -2.87. The van der Waals surface area contributed by atoms with Crippen LogP contribution >= 0.6 is 0 Å². The molecule has 0 aromatic carbocycles. The van der Waals surface area contributed by atoms with Crippen LogP contribution in [0.4, 0.5) is 5.82 Å². The van der Waals surface area contributed by atoms with Gasteiger partial charge in [-0.2, -0.15) is 0 Å². The second-order valence-corrected chi connectivity index (χ2v) is 7.52. The summed E-state index contributed by atoms with van der Waals surface area (Å²) in [4.78, 5) is 25.2. The van der Waals surface area contributed by atoms with E-state index in [1.165, 1.54) is 0 Å². The Labute approximate surface area is 170 Å². The lowest BCUT2D eigenvalue weighted by molar-refractivity contribution is 0.0715. The normalized spacial score (nSPS) is 19.4. The number of rotatable bonds is 5. The van der Waals surface area contributed by atoms with Gasteiger partial charge in [-0.25, -0.2) is 9.97 Å². The molecule has 0 saturated carbocycles. The predicted octanol–water partition coefficient (Wildman–Crippen LogP) is 1.96. The SMILES string of the molecule is COc1ccc(OC2CCN(c3nc4c(cc3C)C(=O)N(C)[C@H]4CO)CC2)cn1. The number of aryl methyl sites for hydroxylation is 1. The molecule has 8 heteroatoms. The molecule has 0 radical (unpaired) electrons. The number of carbonyl (C=O) groups excluding carboxylic acids is 1. The van der Waals surface area contributed by atoms with Crippen LogP contribution in [0, 0.1) is 6.92 Å². The first kappa shape index (κ1) is 19.4. The zero-order valence-corrected chi connectivity index (χ0v) is 17.0. The van der Waals surface area contributed by atoms with Gasteiger partial charge < -0.3 is 24.4 Å². The molecule has 1 N–H and O–H groups in total. The molecular weight excluding hydrogens is 372 g/mol. The van der Waals surface area contributed by atoms with Crippen LogP contribution in [0.3, 0.4) is 0 Å². The third-order valence-electron chi connectivity index (χ3n) is 5.69. The predicted molar refractivity (Wildman–Crippen MR) is 108 cm³/mol. The van der Waals surface area contributed by atoms with E-state index in [2.05, 4.69) is 9.88 Å². The van der Waals surface area contributed by atoms with E-state index in [-0.39, 0.29) is 24.7 Å². The molecule has 0 spiro atoms. The van der Waals surface area contributed by atoms with Gasteiger partial charge in [0, 0.05) is 39.0 Å². The Morgan fingerprint density at radius 3 is 2.66 bits per heavy atom. The summed E-state index contributed by atoms with van der Waals surface area (Å²) < 4.78 is 11.1. The number of aromatic nitrogens is 2. The minimum absolute atomic E-state index is 0.0820. The number of hydrogen-bond acceptors (Lipinski definition) is 7. The molecule has 154 valence electrons. The topological polar surface area (TPSA) is 88.0 Å². The van der Waals surface area contributed by atoms with Gasteiger partial charge in [-0.05, 0) is 24.6 Å². The summed E-state index contributed by atoms with van der Waals surface area (Å²) in [5.41, 5.74) is 2.24. The summed E-state index contributed by atoms with van der Waals surface area (Å²) in [6.45, 7) is 3.48. The van der Waals surface area contributed by atoms with Gasteiger partial charge in [0.1, 0.15) is 17.7 Å². The number of methoxy groups -OCH3 is 1. The first-order valence-electron chi connectivity index (χ1n) is 9.83. The van der Waals surface area contributed by atoms with Crippen molar-refractivity contribution >= 4 is 11.7 Å². The minimum Gasteiger partial charge on any atom is -0.489 e. The molecule has 1 fully saturated rings. The van der Waals surface area contributed by atoms with Gasteiger partial charge in [0.2, 0.25) is 5.88 Å². The molecule has 0 unspecified atom stereocenters. The fourth-order valence-electron chi connectivity index (χ4n) is 4.02. The van der Waals surface area contributed by atoms with Crippen molar-refractivity contribution in [3.8, 4) is 11.6 Å². The van der Waals surface area contributed by atoms with Crippen molar-refractivity contribution in [3.05, 3.63) is 41.2 Å². The number of nitrogens with zero attached hydrogens (tertiary/aromatic N) is 4. The molecule has 1 amide bonds. The van der Waals surface area contributed by atoms with Gasteiger partial charge in [-0.1, -0.05) is 0 Å². The second kappa shape index (κ2) is 7.87. The number of anilines is 1. The monoisotopic (exact) mass is 398 g/mol. The molecular formula is C21H26N4O4. The summed E-state index contributed by atoms with van der Waals surface area (Å²) >= 11 is 0. The highest BCUT2D eigenvalue weighted by atomic mass is 16.5. The Morgan fingerprint density at radius 2 is 2.03 bits per heavy atom. The Bertz CT molecular complexity index is 894. The first-order chi connectivity index (χ1) is 14.0. The first-order valence-corrected chi connectivity index (χ1v) is 9.83. The maximum absolute atomic E-state index is 12.4. The van der Waals surface area contributed by atoms with E-state index in [1.807, 2.05) is 19.1 Å². The Kier molecular flexibility index (Phi) is 5.27. The Balaban J connectivity index is 1.45. The van der Waals surface area contributed by atoms with Crippen molar-refractivity contribution in [2.45, 2.75) is 31.9 Å². The molecule has 2 aromatic rings. The van der Waals surface area contributed by atoms with Crippen LogP contribution in [0.1, 0.15) is 40.5 Å². The minimum atomic E-state index is -0.375. The molecule has 29 heavy (non-hydrogen) atoms. The summed E-state index contributed by atoms with van der Waals surface area (Å²) in [5, 5.41) is 9.70. The van der Waals surface area contributed by atoms with Gasteiger partial charge in [-0.15, -0.1) is 0 Å². The quantitative estimate of drug-likeness (QED) is 0.824. The number of fused-ring (bicyclic) bond motifs is 1. The van der Waals surface area contributed by atoms with E-state index >= 15 is 0 Å². The standard InChI is InChI=1S/C21H26N4O4/c1-13-10-16-19(17(12-26)24(2)21(16)27)23-20(13)25-8-6-14(7-9-25)29-15-4-5-18(28-3)22-11-15/h4-5,10-11,14,17,26H,6-9,12H2,1-3H3/t17-/m0/s1. The lowest BCUT2D eigenvalue weighted by Crippen LogP contribution is -2.39. The molecule has 1 saturated heterocycles. The molecule has 0 aliphatic carbocycles. The zero-order valence-electron chi connectivity index (χ0n) is 17.0. The Morgan fingerprint density at radius 1 is 1.28 bits per heavy atom. The number of aliphatic hydroxyl groups excluding tert-OH is 1. The third-order valence-corrected chi connectivity index (χ3v) is 5.69. The van der Waals surface area contributed by atoms with Gasteiger partial charge >= 0.3 is 0 Å². The number of ether oxygens (including phenoxy) is 2. The molecule has 4 heterocycles. The highest BCUT2D eigenvalue weighted by Gasteiger charge is 2.36. The van der Waals surface area contributed by atoms with Gasteiger partial charge in [0.05, 0.1) is 37.2 Å². The average molecular weight is 398 g/mol. The fraction of sp³-hybridized carbons (Fsp3) is 0.476. The highest BCUT2D eigenvalue weighted by Crippen LogP contribution is 2.34. The van der Waals surface area contributed by atoms with Crippen molar-refractivity contribution in [1.29, 1.82) is 0 Å². The van der Waals surface area contributed by atoms with E-state index in [1.54, 1.807) is 31.3 Å². The second-order valence-electron chi connectivity index (χ2n) is 7.52. The summed E-state index contributed by atoms with van der Waals surface area (Å²) in [7, 11) is 3.29. The summed E-state index contributed by atoms with van der Waals surface area (Å²) in [5.74, 6) is 2.11. The van der Waals surface area contributed by atoms with Crippen LogP contribution in [0.2, 0.25) is 0 Å². The maximum atomic E-state index is 12.4. The van der Waals surface area contributed by atoms with Crippen LogP contribution in [0.5, 0.6) is 11.6 Å². The molecule has 0 bridgehead atoms. The van der Waals surface area contributed by atoms with E-state index < -0.39 is 0 Å². The molecule has 8 nitrogen and oxygen atoms in total. The molecule has 4 rings (SSSR count). The highest BCUT2D eigenvalue weighted by molar-refractivity contribution is 5.99. The van der Waals surface area contributed by atoms with Crippen LogP contribution < -0.4 is 14.4 Å². The van der Waals surface area contributed by atoms with Crippen molar-refractivity contribution in [1.82, 2.24) is 14.9 Å². The number of amides is 1. The number of pyridine rings is 2. The van der Waals surface area contributed by atoms with Gasteiger partial charge in [0.25, 0.3) is 5.91 Å². The summed E-state index contributed by atoms with van der Waals surface area (Å²) in [6.07, 6.45) is 3.54. The third kappa shape index (κ3) is 3.60. The number of likely N-dealkylation sites (N-methyl/N-ethyl adjacent to an activating group) is 1. The smallest absolute Gasteiger partial charge is 0.256 e. The van der Waals surface area contributed by atoms with E-state index in [9.17, 15) is 9.90 Å². The number of aliphatic hydroxyl groups is 1. The van der Waals surface area contributed by atoms with E-state index in [0.717, 1.165) is 43.1 Å². The van der Waals surface area contributed by atoms with Crippen LogP contribution in [0.25, 0.3) is 0 Å². The van der Waals surface area contributed by atoms with Crippen LogP contribution in [-0.4, -0.2) is 65.8 Å². The van der Waals surface area contributed by atoms with Gasteiger partial charge in [0.15, 0.2) is 0 Å². The number of hydrogen-bond donors (Lipinski definition) is 1. The lowest BCUT2D eigenvalue weighted by Gasteiger charge is -2.34. The number of piperidine rings is 1. The fourth-order valence-corrected chi connectivity index (χ4v) is 4.02. The molecule has 1 atom stereocenters. The van der Waals surface area contributed by atoms with Crippen molar-refractivity contribution in [2.24, 2.45) is 0 Å². The molecule has 2 aliphatic rings. The lowest BCUT2D eigenvalue weighted by atomic mass is 10.1. The maximum Gasteiger partial charge on any atom is 0.256 e.